The molecule has 0 aliphatic rings. The predicted molar refractivity (Wildman–Crippen MR) is 116 cm³/mol. The van der Waals surface area contributed by atoms with Gasteiger partial charge in [0.2, 0.25) is 0 Å². The normalized spacial score (nSPS) is 12.8. The molecule has 7 heteroatoms. The molecule has 0 aliphatic carbocycles. The average Bonchev–Trinajstić information content (AvgIpc) is 3.34. The minimum absolute atomic E-state index is 0.450. The maximum atomic E-state index is 4.70. The molecule has 1 atom stereocenters. The molecule has 28 heavy (non-hydrogen) atoms. The third kappa shape index (κ3) is 5.19. The van der Waals surface area contributed by atoms with Gasteiger partial charge in [-0.3, -0.25) is 0 Å². The second-order valence-electron chi connectivity index (χ2n) is 6.86. The first-order chi connectivity index (χ1) is 13.6. The zero-order chi connectivity index (χ0) is 19.9. The number of rotatable bonds is 7. The van der Waals surface area contributed by atoms with Crippen LogP contribution in [0.3, 0.4) is 0 Å². The summed E-state index contributed by atoms with van der Waals surface area (Å²) in [4.78, 5) is 10.6. The molecule has 148 valence electrons. The number of guanidine groups is 1. The highest BCUT2D eigenvalue weighted by atomic mass is 32.1. The number of thiophene rings is 1. The van der Waals surface area contributed by atoms with Crippen molar-refractivity contribution in [3.8, 4) is 5.82 Å². The molecule has 6 nitrogen and oxygen atoms in total. The van der Waals surface area contributed by atoms with Gasteiger partial charge >= 0.3 is 0 Å². The van der Waals surface area contributed by atoms with Crippen LogP contribution in [0.4, 0.5) is 0 Å². The topological polar surface area (TPSA) is 67.1 Å². The Morgan fingerprint density at radius 3 is 2.71 bits per heavy atom. The Kier molecular flexibility index (Phi) is 6.81. The minimum Gasteiger partial charge on any atom is -0.357 e. The molecule has 0 bridgehead atoms. The Morgan fingerprint density at radius 1 is 1.25 bits per heavy atom. The van der Waals surface area contributed by atoms with Crippen LogP contribution in [-0.2, 0) is 6.54 Å². The molecule has 0 saturated carbocycles. The van der Waals surface area contributed by atoms with Crippen LogP contribution in [0.5, 0.6) is 0 Å². The van der Waals surface area contributed by atoms with Gasteiger partial charge in [0.25, 0.3) is 0 Å². The molecule has 0 aliphatic heterocycles. The molecule has 0 amide bonds. The van der Waals surface area contributed by atoms with Crippen molar-refractivity contribution in [3.05, 3.63) is 63.7 Å². The smallest absolute Gasteiger partial charge is 0.191 e. The van der Waals surface area contributed by atoms with Crippen molar-refractivity contribution in [1.82, 2.24) is 25.4 Å². The summed E-state index contributed by atoms with van der Waals surface area (Å²) in [6, 6.07) is 10.4. The van der Waals surface area contributed by atoms with Gasteiger partial charge in [-0.2, -0.15) is 5.10 Å². The van der Waals surface area contributed by atoms with E-state index in [0.717, 1.165) is 41.8 Å². The first-order valence-electron chi connectivity index (χ1n) is 9.61. The van der Waals surface area contributed by atoms with Gasteiger partial charge in [-0.1, -0.05) is 19.1 Å². The summed E-state index contributed by atoms with van der Waals surface area (Å²) in [5.41, 5.74) is 3.13. The van der Waals surface area contributed by atoms with E-state index in [2.05, 4.69) is 58.1 Å². The van der Waals surface area contributed by atoms with Crippen LogP contribution in [0.15, 0.2) is 46.9 Å². The molecule has 0 spiro atoms. The van der Waals surface area contributed by atoms with E-state index in [4.69, 9.17) is 4.99 Å². The lowest BCUT2D eigenvalue weighted by atomic mass is 10.1. The number of pyridine rings is 1. The lowest BCUT2D eigenvalue weighted by Crippen LogP contribution is -2.39. The van der Waals surface area contributed by atoms with E-state index >= 15 is 0 Å². The van der Waals surface area contributed by atoms with Crippen LogP contribution >= 0.6 is 11.3 Å². The molecule has 3 heterocycles. The highest BCUT2D eigenvalue weighted by Crippen LogP contribution is 2.19. The van der Waals surface area contributed by atoms with Crippen LogP contribution < -0.4 is 10.6 Å². The minimum atomic E-state index is 0.450. The van der Waals surface area contributed by atoms with E-state index in [1.165, 1.54) is 4.88 Å². The van der Waals surface area contributed by atoms with E-state index < -0.39 is 0 Å². The quantitative estimate of drug-likeness (QED) is 0.471. The molecular weight excluding hydrogens is 368 g/mol. The zero-order valence-corrected chi connectivity index (χ0v) is 17.8. The first-order valence-corrected chi connectivity index (χ1v) is 10.5. The molecule has 0 saturated heterocycles. The van der Waals surface area contributed by atoms with Crippen LogP contribution in [-0.4, -0.2) is 33.8 Å². The van der Waals surface area contributed by atoms with Gasteiger partial charge in [-0.15, -0.1) is 11.3 Å². The van der Waals surface area contributed by atoms with E-state index in [9.17, 15) is 0 Å². The standard InChI is InChI=1S/C21H28N6S/c1-5-22-21(24-12-15(2)19-7-6-10-28-19)25-14-18-8-9-20(23-13-18)27-17(4)11-16(3)26-27/h6-11,13,15H,5,12,14H2,1-4H3,(H2,22,24,25). The molecule has 3 aromatic heterocycles. The summed E-state index contributed by atoms with van der Waals surface area (Å²) in [6.07, 6.45) is 1.87. The van der Waals surface area contributed by atoms with E-state index in [-0.39, 0.29) is 0 Å². The van der Waals surface area contributed by atoms with Crippen molar-refractivity contribution >= 4 is 17.3 Å². The summed E-state index contributed by atoms with van der Waals surface area (Å²) >= 11 is 1.79. The fourth-order valence-corrected chi connectivity index (χ4v) is 3.72. The van der Waals surface area contributed by atoms with Gasteiger partial charge in [-0.25, -0.2) is 14.7 Å². The molecule has 1 unspecified atom stereocenters. The summed E-state index contributed by atoms with van der Waals surface area (Å²) in [6.45, 7) is 10.6. The predicted octanol–water partition coefficient (Wildman–Crippen LogP) is 3.80. The summed E-state index contributed by atoms with van der Waals surface area (Å²) < 4.78 is 1.86. The lowest BCUT2D eigenvalue weighted by Gasteiger charge is -2.15. The number of nitrogens with zero attached hydrogens (tertiary/aromatic N) is 4. The van der Waals surface area contributed by atoms with Crippen LogP contribution in [0.1, 0.15) is 41.6 Å². The number of aliphatic imine (C=N–C) groups is 1. The Labute approximate surface area is 170 Å². The van der Waals surface area contributed by atoms with Crippen molar-refractivity contribution in [1.29, 1.82) is 0 Å². The molecule has 3 aromatic rings. The SMILES string of the molecule is CCNC(=NCc1ccc(-n2nc(C)cc2C)nc1)NCC(C)c1cccs1. The average molecular weight is 397 g/mol. The molecule has 0 radical (unpaired) electrons. The third-order valence-corrected chi connectivity index (χ3v) is 5.51. The molecule has 0 aromatic carbocycles. The number of nitrogens with one attached hydrogen (secondary N) is 2. The molecular formula is C21H28N6S. The number of aromatic nitrogens is 3. The van der Waals surface area contributed by atoms with Gasteiger partial charge in [0, 0.05) is 35.8 Å². The van der Waals surface area contributed by atoms with Gasteiger partial charge < -0.3 is 10.6 Å². The van der Waals surface area contributed by atoms with Crippen molar-refractivity contribution in [2.75, 3.05) is 13.1 Å². The molecule has 2 N–H and O–H groups in total. The lowest BCUT2D eigenvalue weighted by molar-refractivity contribution is 0.709. The van der Waals surface area contributed by atoms with E-state index in [0.29, 0.717) is 12.5 Å². The summed E-state index contributed by atoms with van der Waals surface area (Å²) in [7, 11) is 0. The van der Waals surface area contributed by atoms with Gasteiger partial charge in [0.15, 0.2) is 11.8 Å². The van der Waals surface area contributed by atoms with Crippen molar-refractivity contribution in [2.45, 2.75) is 40.2 Å². The third-order valence-electron chi connectivity index (χ3n) is 4.40. The van der Waals surface area contributed by atoms with Crippen molar-refractivity contribution in [2.24, 2.45) is 4.99 Å². The number of aryl methyl sites for hydroxylation is 2. The van der Waals surface area contributed by atoms with Crippen LogP contribution in [0.2, 0.25) is 0 Å². The van der Waals surface area contributed by atoms with Crippen LogP contribution in [0.25, 0.3) is 5.82 Å². The highest BCUT2D eigenvalue weighted by Gasteiger charge is 2.08. The maximum Gasteiger partial charge on any atom is 0.191 e. The fraction of sp³-hybridized carbons (Fsp3) is 0.381. The fourth-order valence-electron chi connectivity index (χ4n) is 2.93. The second-order valence-corrected chi connectivity index (χ2v) is 7.84. The number of hydrogen-bond acceptors (Lipinski definition) is 4. The maximum absolute atomic E-state index is 4.70. The Balaban J connectivity index is 1.61. The zero-order valence-electron chi connectivity index (χ0n) is 16.9. The van der Waals surface area contributed by atoms with Crippen molar-refractivity contribution in [3.63, 3.8) is 0 Å². The monoisotopic (exact) mass is 396 g/mol. The van der Waals surface area contributed by atoms with Gasteiger partial charge in [0.05, 0.1) is 12.2 Å². The summed E-state index contributed by atoms with van der Waals surface area (Å²) in [5, 5.41) is 13.3. The van der Waals surface area contributed by atoms with Gasteiger partial charge in [0.1, 0.15) is 0 Å². The van der Waals surface area contributed by atoms with Crippen LogP contribution in [0, 0.1) is 13.8 Å². The molecule has 3 rings (SSSR count). The van der Waals surface area contributed by atoms with Gasteiger partial charge in [-0.05, 0) is 49.9 Å². The van der Waals surface area contributed by atoms with Crippen molar-refractivity contribution < 1.29 is 0 Å². The second kappa shape index (κ2) is 9.50. The Bertz CT molecular complexity index is 896. The largest absolute Gasteiger partial charge is 0.357 e. The Morgan fingerprint density at radius 2 is 2.11 bits per heavy atom. The highest BCUT2D eigenvalue weighted by molar-refractivity contribution is 7.10. The first kappa shape index (κ1) is 20.1. The van der Waals surface area contributed by atoms with E-state index in [1.54, 1.807) is 11.3 Å². The molecule has 0 fully saturated rings. The Hall–Kier alpha value is -2.67. The summed E-state index contributed by atoms with van der Waals surface area (Å²) in [5.74, 6) is 2.10. The number of hydrogen-bond donors (Lipinski definition) is 2. The van der Waals surface area contributed by atoms with E-state index in [1.807, 2.05) is 36.9 Å².